The van der Waals surface area contributed by atoms with Crippen LogP contribution in [0, 0.1) is 6.92 Å². The third kappa shape index (κ3) is 2.68. The van der Waals surface area contributed by atoms with Gasteiger partial charge in [-0.2, -0.15) is 0 Å². The van der Waals surface area contributed by atoms with Crippen LogP contribution in [0.5, 0.6) is 0 Å². The second kappa shape index (κ2) is 4.92. The van der Waals surface area contributed by atoms with Crippen molar-refractivity contribution in [2.75, 3.05) is 26.1 Å². The number of anilines is 1. The van der Waals surface area contributed by atoms with Gasteiger partial charge in [-0.3, -0.25) is 0 Å². The standard InChI is InChI=1S/C8H12N2O3S/c1-5-6(14-8(9)10-5)7(11)13-4-3-12-2/h3-4H2,1-2H3,(H2,9,10). The molecule has 0 unspecified atom stereocenters. The Balaban J connectivity index is 2.56. The van der Waals surface area contributed by atoms with Crippen LogP contribution >= 0.6 is 11.3 Å². The van der Waals surface area contributed by atoms with E-state index in [9.17, 15) is 4.79 Å². The largest absolute Gasteiger partial charge is 0.459 e. The van der Waals surface area contributed by atoms with Crippen molar-refractivity contribution in [3.8, 4) is 0 Å². The number of rotatable bonds is 4. The summed E-state index contributed by atoms with van der Waals surface area (Å²) in [4.78, 5) is 15.8. The second-order valence-electron chi connectivity index (χ2n) is 2.60. The minimum absolute atomic E-state index is 0.243. The number of thiazole rings is 1. The average Bonchev–Trinajstić information content (AvgIpc) is 2.45. The van der Waals surface area contributed by atoms with Crippen LogP contribution in [0.1, 0.15) is 15.4 Å². The number of hydrogen-bond donors (Lipinski definition) is 1. The Morgan fingerprint density at radius 1 is 1.57 bits per heavy atom. The van der Waals surface area contributed by atoms with Crippen molar-refractivity contribution in [1.29, 1.82) is 0 Å². The van der Waals surface area contributed by atoms with Crippen molar-refractivity contribution in [3.05, 3.63) is 10.6 Å². The molecule has 0 radical (unpaired) electrons. The summed E-state index contributed by atoms with van der Waals surface area (Å²) in [5.74, 6) is -0.395. The zero-order chi connectivity index (χ0) is 10.6. The number of ether oxygens (including phenoxy) is 2. The molecule has 6 heteroatoms. The molecule has 0 saturated carbocycles. The number of methoxy groups -OCH3 is 1. The topological polar surface area (TPSA) is 74.4 Å². The van der Waals surface area contributed by atoms with Gasteiger partial charge in [0.1, 0.15) is 11.5 Å². The number of nitrogens with two attached hydrogens (primary N) is 1. The Morgan fingerprint density at radius 2 is 2.29 bits per heavy atom. The third-order valence-electron chi connectivity index (χ3n) is 1.52. The fraction of sp³-hybridized carbons (Fsp3) is 0.500. The van der Waals surface area contributed by atoms with Gasteiger partial charge in [0.05, 0.1) is 12.3 Å². The van der Waals surface area contributed by atoms with Crippen molar-refractivity contribution < 1.29 is 14.3 Å². The first-order valence-corrected chi connectivity index (χ1v) is 4.85. The van der Waals surface area contributed by atoms with E-state index in [1.165, 1.54) is 0 Å². The van der Waals surface area contributed by atoms with Gasteiger partial charge in [-0.25, -0.2) is 9.78 Å². The van der Waals surface area contributed by atoms with Gasteiger partial charge in [0, 0.05) is 7.11 Å². The SMILES string of the molecule is COCCOC(=O)c1sc(N)nc1C. The Kier molecular flexibility index (Phi) is 3.84. The second-order valence-corrected chi connectivity index (χ2v) is 3.63. The van der Waals surface area contributed by atoms with E-state index in [0.717, 1.165) is 11.3 Å². The van der Waals surface area contributed by atoms with Crippen molar-refractivity contribution >= 4 is 22.4 Å². The number of nitrogen functional groups attached to an aromatic ring is 1. The molecule has 0 amide bonds. The summed E-state index contributed by atoms with van der Waals surface area (Å²) in [6.45, 7) is 2.35. The van der Waals surface area contributed by atoms with Crippen LogP contribution in [0.25, 0.3) is 0 Å². The van der Waals surface area contributed by atoms with Gasteiger partial charge in [0.15, 0.2) is 5.13 Å². The van der Waals surface area contributed by atoms with Crippen molar-refractivity contribution in [2.45, 2.75) is 6.92 Å². The molecule has 5 nitrogen and oxygen atoms in total. The fourth-order valence-electron chi connectivity index (χ4n) is 0.890. The molecule has 0 aliphatic carbocycles. The molecular weight excluding hydrogens is 204 g/mol. The maximum absolute atomic E-state index is 11.4. The molecular formula is C8H12N2O3S. The van der Waals surface area contributed by atoms with Gasteiger partial charge in [0.2, 0.25) is 0 Å². The lowest BCUT2D eigenvalue weighted by atomic mass is 10.4. The Bertz CT molecular complexity index is 324. The number of carbonyl (C=O) groups excluding carboxylic acids is 1. The molecule has 1 aromatic rings. The summed E-state index contributed by atoms with van der Waals surface area (Å²) in [7, 11) is 1.55. The minimum atomic E-state index is -0.395. The number of nitrogens with zero attached hydrogens (tertiary/aromatic N) is 1. The number of hydrogen-bond acceptors (Lipinski definition) is 6. The zero-order valence-electron chi connectivity index (χ0n) is 8.07. The van der Waals surface area contributed by atoms with E-state index in [2.05, 4.69) is 4.98 Å². The summed E-state index contributed by atoms with van der Waals surface area (Å²) in [6.07, 6.45) is 0. The molecule has 0 spiro atoms. The van der Waals surface area contributed by atoms with Crippen LogP contribution in [-0.2, 0) is 9.47 Å². The van der Waals surface area contributed by atoms with E-state index in [1.807, 2.05) is 0 Å². The number of aryl methyl sites for hydroxylation is 1. The molecule has 1 aromatic heterocycles. The lowest BCUT2D eigenvalue weighted by molar-refractivity contribution is 0.0392. The van der Waals surface area contributed by atoms with Gasteiger partial charge >= 0.3 is 5.97 Å². The summed E-state index contributed by atoms with van der Waals surface area (Å²) >= 11 is 1.13. The smallest absolute Gasteiger partial charge is 0.350 e. The van der Waals surface area contributed by atoms with Crippen LogP contribution in [-0.4, -0.2) is 31.3 Å². The van der Waals surface area contributed by atoms with Gasteiger partial charge in [0.25, 0.3) is 0 Å². The molecule has 0 aromatic carbocycles. The van der Waals surface area contributed by atoms with Crippen LogP contribution in [0.15, 0.2) is 0 Å². The van der Waals surface area contributed by atoms with E-state index < -0.39 is 5.97 Å². The highest BCUT2D eigenvalue weighted by Crippen LogP contribution is 2.20. The van der Waals surface area contributed by atoms with Crippen LogP contribution in [0.4, 0.5) is 5.13 Å². The molecule has 0 saturated heterocycles. The quantitative estimate of drug-likeness (QED) is 0.596. The van der Waals surface area contributed by atoms with E-state index in [-0.39, 0.29) is 6.61 Å². The number of carbonyl (C=O) groups is 1. The van der Waals surface area contributed by atoms with Crippen LogP contribution < -0.4 is 5.73 Å². The monoisotopic (exact) mass is 216 g/mol. The maximum Gasteiger partial charge on any atom is 0.350 e. The van der Waals surface area contributed by atoms with E-state index in [1.54, 1.807) is 14.0 Å². The van der Waals surface area contributed by atoms with E-state index >= 15 is 0 Å². The third-order valence-corrected chi connectivity index (χ3v) is 2.49. The Hall–Kier alpha value is -1.14. The lowest BCUT2D eigenvalue weighted by Gasteiger charge is -2.01. The lowest BCUT2D eigenvalue weighted by Crippen LogP contribution is -2.09. The number of aromatic nitrogens is 1. The molecule has 0 aliphatic rings. The van der Waals surface area contributed by atoms with Crippen molar-refractivity contribution in [1.82, 2.24) is 4.98 Å². The van der Waals surface area contributed by atoms with Gasteiger partial charge in [-0.05, 0) is 6.92 Å². The predicted molar refractivity (Wildman–Crippen MR) is 53.4 cm³/mol. The highest BCUT2D eigenvalue weighted by Gasteiger charge is 2.15. The Morgan fingerprint density at radius 3 is 2.79 bits per heavy atom. The predicted octanol–water partition coefficient (Wildman–Crippen LogP) is 0.837. The molecule has 2 N–H and O–H groups in total. The van der Waals surface area contributed by atoms with Crippen molar-refractivity contribution in [2.24, 2.45) is 0 Å². The first-order chi connectivity index (χ1) is 6.65. The number of esters is 1. The molecule has 1 heterocycles. The average molecular weight is 216 g/mol. The summed E-state index contributed by atoms with van der Waals surface area (Å²) in [5, 5.41) is 0.376. The van der Waals surface area contributed by atoms with Gasteiger partial charge in [-0.1, -0.05) is 11.3 Å². The summed E-state index contributed by atoms with van der Waals surface area (Å²) in [6, 6.07) is 0. The summed E-state index contributed by atoms with van der Waals surface area (Å²) in [5.41, 5.74) is 6.05. The highest BCUT2D eigenvalue weighted by atomic mass is 32.1. The molecule has 0 atom stereocenters. The molecule has 1 rings (SSSR count). The first kappa shape index (κ1) is 10.9. The van der Waals surface area contributed by atoms with Gasteiger partial charge in [-0.15, -0.1) is 0 Å². The highest BCUT2D eigenvalue weighted by molar-refractivity contribution is 7.17. The Labute approximate surface area is 85.8 Å². The van der Waals surface area contributed by atoms with Gasteiger partial charge < -0.3 is 15.2 Å². The first-order valence-electron chi connectivity index (χ1n) is 4.04. The fourth-order valence-corrected chi connectivity index (χ4v) is 1.62. The molecule has 0 fully saturated rings. The molecule has 78 valence electrons. The summed E-state index contributed by atoms with van der Waals surface area (Å²) < 4.78 is 9.66. The zero-order valence-corrected chi connectivity index (χ0v) is 8.89. The van der Waals surface area contributed by atoms with Crippen LogP contribution in [0.3, 0.4) is 0 Å². The molecule has 14 heavy (non-hydrogen) atoms. The van der Waals surface area contributed by atoms with E-state index in [4.69, 9.17) is 15.2 Å². The van der Waals surface area contributed by atoms with Crippen molar-refractivity contribution in [3.63, 3.8) is 0 Å². The maximum atomic E-state index is 11.4. The minimum Gasteiger partial charge on any atom is -0.459 e. The normalized spacial score (nSPS) is 10.1. The van der Waals surface area contributed by atoms with E-state index in [0.29, 0.717) is 22.3 Å². The van der Waals surface area contributed by atoms with Crippen LogP contribution in [0.2, 0.25) is 0 Å². The molecule has 0 bridgehead atoms. The molecule has 0 aliphatic heterocycles.